The number of hydrogen-bond acceptors (Lipinski definition) is 3. The first kappa shape index (κ1) is 15.9. The van der Waals surface area contributed by atoms with E-state index in [2.05, 4.69) is 51.8 Å². The highest BCUT2D eigenvalue weighted by Crippen LogP contribution is 2.30. The molecule has 1 aliphatic rings. The molecular formula is C21H24N4. The van der Waals surface area contributed by atoms with E-state index in [0.717, 1.165) is 52.6 Å². The summed E-state index contributed by atoms with van der Waals surface area (Å²) < 4.78 is 0. The van der Waals surface area contributed by atoms with Crippen LogP contribution in [0.2, 0.25) is 0 Å². The van der Waals surface area contributed by atoms with Crippen molar-refractivity contribution in [1.29, 1.82) is 0 Å². The number of nitrogens with zero attached hydrogens (tertiary/aromatic N) is 3. The topological polar surface area (TPSA) is 44.8 Å². The number of hydrogen-bond donors (Lipinski definition) is 1. The van der Waals surface area contributed by atoms with Crippen molar-refractivity contribution in [2.24, 2.45) is 0 Å². The van der Waals surface area contributed by atoms with Crippen molar-refractivity contribution >= 4 is 22.4 Å². The summed E-state index contributed by atoms with van der Waals surface area (Å²) in [7, 11) is 0. The van der Waals surface area contributed by atoms with Crippen molar-refractivity contribution in [2.45, 2.75) is 33.1 Å². The molecule has 3 aromatic rings. The molecule has 1 saturated heterocycles. The molecule has 1 aromatic carbocycles. The van der Waals surface area contributed by atoms with Crippen LogP contribution in [-0.2, 0) is 0 Å². The van der Waals surface area contributed by atoms with Gasteiger partial charge in [0.2, 0.25) is 0 Å². The molecule has 0 amide bonds. The van der Waals surface area contributed by atoms with E-state index < -0.39 is 0 Å². The minimum Gasteiger partial charge on any atom is -0.355 e. The molecule has 25 heavy (non-hydrogen) atoms. The molecule has 0 atom stereocenters. The Morgan fingerprint density at radius 1 is 1.08 bits per heavy atom. The summed E-state index contributed by atoms with van der Waals surface area (Å²) in [4.78, 5) is 15.3. The summed E-state index contributed by atoms with van der Waals surface area (Å²) in [6.45, 7) is 10.2. The summed E-state index contributed by atoms with van der Waals surface area (Å²) in [6.07, 6.45) is 3.79. The highest BCUT2D eigenvalue weighted by Gasteiger charge is 2.18. The molecule has 4 nitrogen and oxygen atoms in total. The Bertz CT molecular complexity index is 915. The van der Waals surface area contributed by atoms with Crippen molar-refractivity contribution < 1.29 is 0 Å². The van der Waals surface area contributed by atoms with Crippen LogP contribution in [-0.4, -0.2) is 28.0 Å². The van der Waals surface area contributed by atoms with Gasteiger partial charge in [-0.25, -0.2) is 9.97 Å². The van der Waals surface area contributed by atoms with Gasteiger partial charge < -0.3 is 9.88 Å². The third kappa shape index (κ3) is 3.04. The van der Waals surface area contributed by atoms with Crippen LogP contribution >= 0.6 is 0 Å². The van der Waals surface area contributed by atoms with Gasteiger partial charge in [-0.1, -0.05) is 36.4 Å². The number of anilines is 1. The number of rotatable bonds is 3. The number of fused-ring (bicyclic) bond motifs is 1. The van der Waals surface area contributed by atoms with E-state index >= 15 is 0 Å². The number of allylic oxidation sites excluding steroid dienone is 1. The SMILES string of the molecule is C=C(C)c1ccc(-c2cc3nc(C)nc(N4CCCCC4)c3[nH]2)cc1. The van der Waals surface area contributed by atoms with E-state index in [4.69, 9.17) is 4.98 Å². The third-order valence-electron chi connectivity index (χ3n) is 4.91. The Balaban J connectivity index is 1.77. The zero-order valence-electron chi connectivity index (χ0n) is 15.0. The molecule has 4 rings (SSSR count). The molecule has 0 radical (unpaired) electrons. The third-order valence-corrected chi connectivity index (χ3v) is 4.91. The standard InChI is InChI=1S/C21H24N4/c1-14(2)16-7-9-17(10-8-16)18-13-19-20(24-18)21(23-15(3)22-19)25-11-5-4-6-12-25/h7-10,13,24H,1,4-6,11-12H2,2-3H3. The second kappa shape index (κ2) is 6.36. The maximum atomic E-state index is 4.74. The van der Waals surface area contributed by atoms with Crippen molar-refractivity contribution in [3.8, 4) is 11.3 Å². The Labute approximate surface area is 148 Å². The molecule has 0 aliphatic carbocycles. The first-order valence-corrected chi connectivity index (χ1v) is 9.00. The van der Waals surface area contributed by atoms with E-state index in [0.29, 0.717) is 0 Å². The summed E-state index contributed by atoms with van der Waals surface area (Å²) in [6, 6.07) is 10.6. The average Bonchev–Trinajstić information content (AvgIpc) is 3.05. The van der Waals surface area contributed by atoms with E-state index in [1.807, 2.05) is 13.8 Å². The Kier molecular flexibility index (Phi) is 4.04. The van der Waals surface area contributed by atoms with Crippen LogP contribution in [0.1, 0.15) is 37.6 Å². The molecule has 4 heteroatoms. The zero-order valence-corrected chi connectivity index (χ0v) is 15.0. The first-order valence-electron chi connectivity index (χ1n) is 9.00. The van der Waals surface area contributed by atoms with Crippen molar-refractivity contribution in [1.82, 2.24) is 15.0 Å². The van der Waals surface area contributed by atoms with Gasteiger partial charge in [-0.2, -0.15) is 0 Å². The average molecular weight is 332 g/mol. The first-order chi connectivity index (χ1) is 12.1. The monoisotopic (exact) mass is 332 g/mol. The highest BCUT2D eigenvalue weighted by molar-refractivity contribution is 5.91. The minimum atomic E-state index is 0.830. The summed E-state index contributed by atoms with van der Waals surface area (Å²) in [5, 5.41) is 0. The summed E-state index contributed by atoms with van der Waals surface area (Å²) in [5.74, 6) is 1.88. The molecule has 1 N–H and O–H groups in total. The molecule has 2 aromatic heterocycles. The van der Waals surface area contributed by atoms with Crippen molar-refractivity contribution in [3.63, 3.8) is 0 Å². The van der Waals surface area contributed by atoms with E-state index in [-0.39, 0.29) is 0 Å². The van der Waals surface area contributed by atoms with Gasteiger partial charge in [0.25, 0.3) is 0 Å². The fourth-order valence-corrected chi connectivity index (χ4v) is 3.54. The van der Waals surface area contributed by atoms with Gasteiger partial charge in [0.05, 0.1) is 5.52 Å². The van der Waals surface area contributed by atoms with Crippen LogP contribution in [0.5, 0.6) is 0 Å². The Hall–Kier alpha value is -2.62. The number of benzene rings is 1. The zero-order chi connectivity index (χ0) is 17.4. The molecule has 3 heterocycles. The number of H-pyrrole nitrogens is 1. The normalized spacial score (nSPS) is 14.9. The molecule has 0 unspecified atom stereocenters. The number of nitrogens with one attached hydrogen (secondary N) is 1. The lowest BCUT2D eigenvalue weighted by Gasteiger charge is -2.28. The summed E-state index contributed by atoms with van der Waals surface area (Å²) in [5.41, 5.74) is 6.53. The lowest BCUT2D eigenvalue weighted by Crippen LogP contribution is -2.30. The van der Waals surface area contributed by atoms with Crippen LogP contribution < -0.4 is 4.90 Å². The van der Waals surface area contributed by atoms with Crippen LogP contribution in [0, 0.1) is 6.92 Å². The predicted molar refractivity (Wildman–Crippen MR) is 105 cm³/mol. The van der Waals surface area contributed by atoms with Gasteiger partial charge in [0.15, 0.2) is 5.82 Å². The molecular weight excluding hydrogens is 308 g/mol. The van der Waals surface area contributed by atoms with Gasteiger partial charge in [-0.15, -0.1) is 0 Å². The summed E-state index contributed by atoms with van der Waals surface area (Å²) >= 11 is 0. The fourth-order valence-electron chi connectivity index (χ4n) is 3.54. The van der Waals surface area contributed by atoms with Gasteiger partial charge >= 0.3 is 0 Å². The van der Waals surface area contributed by atoms with Crippen molar-refractivity contribution in [2.75, 3.05) is 18.0 Å². The number of piperidine rings is 1. The molecule has 0 saturated carbocycles. The van der Waals surface area contributed by atoms with Crippen LogP contribution in [0.15, 0.2) is 36.9 Å². The lowest BCUT2D eigenvalue weighted by molar-refractivity contribution is 0.574. The molecule has 0 spiro atoms. The second-order valence-electron chi connectivity index (χ2n) is 6.94. The largest absolute Gasteiger partial charge is 0.355 e. The molecule has 1 aliphatic heterocycles. The van der Waals surface area contributed by atoms with Gasteiger partial charge in [-0.3, -0.25) is 0 Å². The Morgan fingerprint density at radius 2 is 1.80 bits per heavy atom. The van der Waals surface area contributed by atoms with Gasteiger partial charge in [-0.05, 0) is 50.3 Å². The number of aromatic amines is 1. The van der Waals surface area contributed by atoms with Crippen molar-refractivity contribution in [3.05, 3.63) is 48.3 Å². The van der Waals surface area contributed by atoms with Crippen LogP contribution in [0.4, 0.5) is 5.82 Å². The van der Waals surface area contributed by atoms with E-state index in [1.165, 1.54) is 24.8 Å². The Morgan fingerprint density at radius 3 is 2.48 bits per heavy atom. The van der Waals surface area contributed by atoms with Crippen LogP contribution in [0.3, 0.4) is 0 Å². The molecule has 128 valence electrons. The maximum Gasteiger partial charge on any atom is 0.156 e. The smallest absolute Gasteiger partial charge is 0.156 e. The minimum absolute atomic E-state index is 0.830. The predicted octanol–water partition coefficient (Wildman–Crippen LogP) is 4.96. The maximum absolute atomic E-state index is 4.74. The quantitative estimate of drug-likeness (QED) is 0.737. The van der Waals surface area contributed by atoms with E-state index in [1.54, 1.807) is 0 Å². The van der Waals surface area contributed by atoms with E-state index in [9.17, 15) is 0 Å². The van der Waals surface area contributed by atoms with Gasteiger partial charge in [0, 0.05) is 18.8 Å². The highest BCUT2D eigenvalue weighted by atomic mass is 15.2. The number of aromatic nitrogens is 3. The fraction of sp³-hybridized carbons (Fsp3) is 0.333. The molecule has 1 fully saturated rings. The second-order valence-corrected chi connectivity index (χ2v) is 6.94. The van der Waals surface area contributed by atoms with Gasteiger partial charge in [0.1, 0.15) is 11.3 Å². The molecule has 0 bridgehead atoms. The number of aryl methyl sites for hydroxylation is 1. The van der Waals surface area contributed by atoms with Crippen LogP contribution in [0.25, 0.3) is 27.9 Å². The lowest BCUT2D eigenvalue weighted by atomic mass is 10.1.